The van der Waals surface area contributed by atoms with Crippen LogP contribution in [0.3, 0.4) is 0 Å². The Bertz CT molecular complexity index is 1210. The van der Waals surface area contributed by atoms with Gasteiger partial charge in [-0.3, -0.25) is 4.90 Å². The van der Waals surface area contributed by atoms with Gasteiger partial charge < -0.3 is 14.0 Å². The van der Waals surface area contributed by atoms with E-state index in [1.807, 2.05) is 0 Å². The van der Waals surface area contributed by atoms with Gasteiger partial charge in [-0.2, -0.15) is 0 Å². The van der Waals surface area contributed by atoms with E-state index < -0.39 is 11.6 Å². The number of hydrogen-bond acceptors (Lipinski definition) is 5. The van der Waals surface area contributed by atoms with Gasteiger partial charge in [-0.15, -0.1) is 0 Å². The van der Waals surface area contributed by atoms with E-state index in [1.54, 1.807) is 13.2 Å². The van der Waals surface area contributed by atoms with Crippen LogP contribution >= 0.6 is 27.5 Å². The van der Waals surface area contributed by atoms with E-state index in [4.69, 9.17) is 21.1 Å². The second-order valence-corrected chi connectivity index (χ2v) is 10.1. The summed E-state index contributed by atoms with van der Waals surface area (Å²) in [6.07, 6.45) is 5.42. The van der Waals surface area contributed by atoms with Gasteiger partial charge in [-0.05, 0) is 59.1 Å². The van der Waals surface area contributed by atoms with Gasteiger partial charge in [0.15, 0.2) is 0 Å². The first kappa shape index (κ1) is 21.9. The molecule has 1 aliphatic carbocycles. The van der Waals surface area contributed by atoms with Crippen LogP contribution in [-0.2, 0) is 28.5 Å². The monoisotopic (exact) mass is 517 g/mol. The number of esters is 1. The van der Waals surface area contributed by atoms with Crippen LogP contribution in [0.15, 0.2) is 41.1 Å². The van der Waals surface area contributed by atoms with E-state index in [0.717, 1.165) is 19.4 Å². The van der Waals surface area contributed by atoms with Crippen LogP contribution in [0, 0.1) is 5.92 Å². The predicted octanol–water partition coefficient (Wildman–Crippen LogP) is 4.56. The molecule has 8 heteroatoms. The number of piperidine rings is 1. The minimum atomic E-state index is -0.442. The van der Waals surface area contributed by atoms with Gasteiger partial charge in [0.25, 0.3) is 0 Å². The number of likely N-dealkylation sites (N-methyl/N-ethyl adjacent to an activating group) is 1. The molecule has 0 spiro atoms. The van der Waals surface area contributed by atoms with Crippen LogP contribution in [0.5, 0.6) is 0 Å². The maximum absolute atomic E-state index is 12.6. The van der Waals surface area contributed by atoms with Crippen molar-refractivity contribution in [2.75, 3.05) is 27.3 Å². The van der Waals surface area contributed by atoms with Crippen molar-refractivity contribution in [2.24, 2.45) is 13.0 Å². The van der Waals surface area contributed by atoms with Crippen LogP contribution in [-0.4, -0.2) is 53.8 Å². The molecule has 0 unspecified atom stereocenters. The van der Waals surface area contributed by atoms with Crippen LogP contribution in [0.1, 0.15) is 27.9 Å². The average molecular weight is 519 g/mol. The number of nitrogens with zero attached hydrogens (tertiary/aromatic N) is 3. The highest BCUT2D eigenvalue weighted by Crippen LogP contribution is 2.49. The molecule has 3 aromatic rings. The largest absolute Gasteiger partial charge is 0.462 e. The first-order valence-electron chi connectivity index (χ1n) is 10.6. The second-order valence-electron chi connectivity index (χ2n) is 8.88. The SMILES string of the molecule is CO[C@]12C[C@@H](COC(=O)c3cnc(Cl)c(Br)c3)CN(C)[C@@H]1Cc1cn(C)c3cccc2c13. The molecule has 1 aliphatic heterocycles. The van der Waals surface area contributed by atoms with Crippen molar-refractivity contribution in [3.05, 3.63) is 63.0 Å². The standard InChI is InChI=1S/C24H25BrClN3O3/c1-28-12-16-8-20-24(31-3,17-5-4-6-19(28)21(16)17)9-14(11-29(20)2)13-32-23(30)15-7-18(25)22(26)27-10-15/h4-7,10,12,14,20H,8-9,11,13H2,1-3H3/t14-,20-,24+/m1/s1. The summed E-state index contributed by atoms with van der Waals surface area (Å²) < 4.78 is 14.8. The number of rotatable bonds is 4. The molecule has 168 valence electrons. The molecule has 1 fully saturated rings. The van der Waals surface area contributed by atoms with Crippen LogP contribution in [0.2, 0.25) is 5.15 Å². The smallest absolute Gasteiger partial charge is 0.339 e. The molecule has 0 radical (unpaired) electrons. The van der Waals surface area contributed by atoms with Gasteiger partial charge in [0.05, 0.1) is 16.6 Å². The number of carbonyl (C=O) groups is 1. The Hall–Kier alpha value is -1.93. The Labute approximate surface area is 200 Å². The molecule has 5 rings (SSSR count). The third-order valence-corrected chi connectivity index (χ3v) is 8.15. The highest BCUT2D eigenvalue weighted by molar-refractivity contribution is 9.10. The van der Waals surface area contributed by atoms with Crippen molar-refractivity contribution < 1.29 is 14.3 Å². The Kier molecular flexibility index (Phi) is 5.56. The first-order chi connectivity index (χ1) is 15.3. The van der Waals surface area contributed by atoms with Crippen LogP contribution < -0.4 is 0 Å². The van der Waals surface area contributed by atoms with Gasteiger partial charge >= 0.3 is 5.97 Å². The van der Waals surface area contributed by atoms with Crippen molar-refractivity contribution in [3.8, 4) is 0 Å². The Balaban J connectivity index is 1.42. The molecule has 32 heavy (non-hydrogen) atoms. The summed E-state index contributed by atoms with van der Waals surface area (Å²) in [5.41, 5.74) is 3.76. The highest BCUT2D eigenvalue weighted by Gasteiger charge is 2.51. The molecule has 1 saturated heterocycles. The number of aromatic nitrogens is 2. The van der Waals surface area contributed by atoms with E-state index in [-0.39, 0.29) is 12.0 Å². The summed E-state index contributed by atoms with van der Waals surface area (Å²) in [5, 5.41) is 1.62. The number of carbonyl (C=O) groups excluding carboxylic acids is 1. The van der Waals surface area contributed by atoms with E-state index in [9.17, 15) is 4.79 Å². The number of fused-ring (bicyclic) bond motifs is 2. The number of halogens is 2. The molecule has 0 amide bonds. The van der Waals surface area contributed by atoms with Gasteiger partial charge in [0.2, 0.25) is 0 Å². The zero-order valence-corrected chi connectivity index (χ0v) is 20.6. The fourth-order valence-electron chi connectivity index (χ4n) is 5.64. The zero-order valence-electron chi connectivity index (χ0n) is 18.3. The molecule has 2 aliphatic rings. The number of benzene rings is 1. The lowest BCUT2D eigenvalue weighted by atomic mass is 9.69. The van der Waals surface area contributed by atoms with E-state index in [1.165, 1.54) is 28.2 Å². The molecule has 0 saturated carbocycles. The quantitative estimate of drug-likeness (QED) is 0.374. The van der Waals surface area contributed by atoms with Gasteiger partial charge in [0.1, 0.15) is 10.8 Å². The summed E-state index contributed by atoms with van der Waals surface area (Å²) in [5.74, 6) is -0.258. The Morgan fingerprint density at radius 1 is 1.38 bits per heavy atom. The summed E-state index contributed by atoms with van der Waals surface area (Å²) in [4.78, 5) is 19.0. The number of aryl methyl sites for hydroxylation is 1. The van der Waals surface area contributed by atoms with Crippen molar-refractivity contribution in [1.82, 2.24) is 14.5 Å². The second kappa shape index (κ2) is 8.13. The number of hydrogen-bond donors (Lipinski definition) is 0. The van der Waals surface area contributed by atoms with Crippen molar-refractivity contribution in [3.63, 3.8) is 0 Å². The number of pyridine rings is 1. The average Bonchev–Trinajstić information content (AvgIpc) is 3.11. The molecule has 2 aromatic heterocycles. The number of likely N-dealkylation sites (tertiary alicyclic amines) is 1. The lowest BCUT2D eigenvalue weighted by molar-refractivity contribution is -0.131. The molecule has 1 aromatic carbocycles. The van der Waals surface area contributed by atoms with Gasteiger partial charge in [0, 0.05) is 56.0 Å². The van der Waals surface area contributed by atoms with Crippen LogP contribution in [0.25, 0.3) is 10.9 Å². The molecule has 3 atom stereocenters. The van der Waals surface area contributed by atoms with Crippen molar-refractivity contribution >= 4 is 44.4 Å². The molecule has 3 heterocycles. The number of methoxy groups -OCH3 is 1. The zero-order chi connectivity index (χ0) is 22.6. The summed E-state index contributed by atoms with van der Waals surface area (Å²) in [6.45, 7) is 1.16. The summed E-state index contributed by atoms with van der Waals surface area (Å²) in [7, 11) is 6.04. The Morgan fingerprint density at radius 2 is 2.19 bits per heavy atom. The van der Waals surface area contributed by atoms with E-state index in [2.05, 4.69) is 68.9 Å². The third-order valence-electron chi connectivity index (χ3n) is 7.02. The van der Waals surface area contributed by atoms with E-state index in [0.29, 0.717) is 21.8 Å². The first-order valence-corrected chi connectivity index (χ1v) is 11.8. The highest BCUT2D eigenvalue weighted by atomic mass is 79.9. The van der Waals surface area contributed by atoms with Crippen LogP contribution in [0.4, 0.5) is 0 Å². The van der Waals surface area contributed by atoms with Crippen molar-refractivity contribution in [1.29, 1.82) is 0 Å². The normalized spacial score (nSPS) is 25.0. The maximum atomic E-state index is 12.6. The predicted molar refractivity (Wildman–Crippen MR) is 127 cm³/mol. The Morgan fingerprint density at radius 3 is 2.94 bits per heavy atom. The lowest BCUT2D eigenvalue weighted by Gasteiger charge is -2.53. The minimum absolute atomic E-state index is 0.143. The topological polar surface area (TPSA) is 56.6 Å². The minimum Gasteiger partial charge on any atom is -0.462 e. The molecular weight excluding hydrogens is 494 g/mol. The summed E-state index contributed by atoms with van der Waals surface area (Å²) >= 11 is 9.24. The third kappa shape index (κ3) is 3.37. The molecule has 6 nitrogen and oxygen atoms in total. The number of ether oxygens (including phenoxy) is 2. The van der Waals surface area contributed by atoms with Crippen molar-refractivity contribution in [2.45, 2.75) is 24.5 Å². The summed E-state index contributed by atoms with van der Waals surface area (Å²) in [6, 6.07) is 8.34. The fourth-order valence-corrected chi connectivity index (χ4v) is 6.09. The molecule has 0 bridgehead atoms. The lowest BCUT2D eigenvalue weighted by Crippen LogP contribution is -2.59. The molecular formula is C24H25BrClN3O3. The van der Waals surface area contributed by atoms with Gasteiger partial charge in [-0.1, -0.05) is 23.7 Å². The van der Waals surface area contributed by atoms with Gasteiger partial charge in [-0.25, -0.2) is 9.78 Å². The molecule has 0 N–H and O–H groups in total. The fraction of sp³-hybridized carbons (Fsp3) is 0.417. The maximum Gasteiger partial charge on any atom is 0.339 e. The van der Waals surface area contributed by atoms with E-state index >= 15 is 0 Å².